The number of hydrogen-bond acceptors (Lipinski definition) is 6. The van der Waals surface area contributed by atoms with Crippen LogP contribution in [-0.4, -0.2) is 32.2 Å². The molecule has 0 radical (unpaired) electrons. The van der Waals surface area contributed by atoms with Crippen molar-refractivity contribution in [3.8, 4) is 11.3 Å². The van der Waals surface area contributed by atoms with Gasteiger partial charge in [0.1, 0.15) is 5.82 Å². The van der Waals surface area contributed by atoms with Gasteiger partial charge in [0.25, 0.3) is 5.56 Å². The molecule has 0 aliphatic carbocycles. The molecule has 0 saturated heterocycles. The van der Waals surface area contributed by atoms with E-state index in [1.807, 2.05) is 19.9 Å². The maximum absolute atomic E-state index is 13.1. The number of nitrogens with zero attached hydrogens (tertiary/aromatic N) is 2. The molecule has 1 unspecified atom stereocenters. The maximum Gasteiger partial charge on any atom is 0.278 e. The second-order valence-electron chi connectivity index (χ2n) is 7.27. The lowest BCUT2D eigenvalue weighted by molar-refractivity contribution is -0.116. The summed E-state index contributed by atoms with van der Waals surface area (Å²) < 4.78 is 13.1. The lowest BCUT2D eigenvalue weighted by Gasteiger charge is -2.14. The van der Waals surface area contributed by atoms with Crippen LogP contribution < -0.4 is 16.2 Å². The van der Waals surface area contributed by atoms with Crippen LogP contribution >= 0.6 is 11.8 Å². The minimum atomic E-state index is -0.552. The fraction of sp³-hybridized carbons (Fsp3) is 0.261. The van der Waals surface area contributed by atoms with Crippen LogP contribution in [0.5, 0.6) is 0 Å². The fourth-order valence-electron chi connectivity index (χ4n) is 2.97. The van der Waals surface area contributed by atoms with Crippen molar-refractivity contribution in [3.63, 3.8) is 0 Å². The molecule has 3 N–H and O–H groups in total. The van der Waals surface area contributed by atoms with Crippen molar-refractivity contribution in [1.82, 2.24) is 15.2 Å². The first kappa shape index (κ1) is 24.1. The lowest BCUT2D eigenvalue weighted by Crippen LogP contribution is -2.25. The van der Waals surface area contributed by atoms with Crippen LogP contribution in [0.2, 0.25) is 0 Å². The maximum atomic E-state index is 13.1. The van der Waals surface area contributed by atoms with Gasteiger partial charge in [0.2, 0.25) is 11.8 Å². The number of aryl methyl sites for hydroxylation is 1. The van der Waals surface area contributed by atoms with Crippen molar-refractivity contribution in [2.75, 3.05) is 10.6 Å². The highest BCUT2D eigenvalue weighted by Crippen LogP contribution is 2.27. The molecule has 2 aromatic carbocycles. The van der Waals surface area contributed by atoms with Gasteiger partial charge in [0, 0.05) is 17.7 Å². The quantitative estimate of drug-likeness (QED) is 0.427. The summed E-state index contributed by atoms with van der Waals surface area (Å²) in [7, 11) is 0. The number of carbonyl (C=O) groups excluding carboxylic acids is 2. The molecule has 1 atom stereocenters. The Morgan fingerprint density at radius 2 is 1.82 bits per heavy atom. The molecule has 0 saturated carbocycles. The Balaban J connectivity index is 1.81. The van der Waals surface area contributed by atoms with Crippen molar-refractivity contribution in [2.24, 2.45) is 0 Å². The van der Waals surface area contributed by atoms with Gasteiger partial charge in [-0.15, -0.1) is 10.2 Å². The predicted octanol–water partition coefficient (Wildman–Crippen LogP) is 4.14. The molecule has 172 valence electrons. The van der Waals surface area contributed by atoms with Crippen LogP contribution in [-0.2, 0) is 9.59 Å². The molecular weight excluding hydrogens is 445 g/mol. The normalized spacial score (nSPS) is 11.6. The van der Waals surface area contributed by atoms with E-state index in [4.69, 9.17) is 0 Å². The molecule has 10 heteroatoms. The van der Waals surface area contributed by atoms with Gasteiger partial charge in [-0.2, -0.15) is 0 Å². The predicted molar refractivity (Wildman–Crippen MR) is 127 cm³/mol. The zero-order valence-corrected chi connectivity index (χ0v) is 19.3. The Bertz CT molecular complexity index is 1210. The Morgan fingerprint density at radius 1 is 1.09 bits per heavy atom. The molecule has 0 aliphatic rings. The van der Waals surface area contributed by atoms with E-state index >= 15 is 0 Å². The van der Waals surface area contributed by atoms with Gasteiger partial charge in [-0.25, -0.2) is 4.39 Å². The van der Waals surface area contributed by atoms with E-state index in [1.54, 1.807) is 19.1 Å². The van der Waals surface area contributed by atoms with Gasteiger partial charge in [-0.1, -0.05) is 37.2 Å². The van der Waals surface area contributed by atoms with Gasteiger partial charge >= 0.3 is 0 Å². The number of benzene rings is 2. The first-order chi connectivity index (χ1) is 15.8. The Hall–Kier alpha value is -3.53. The van der Waals surface area contributed by atoms with E-state index in [-0.39, 0.29) is 22.7 Å². The zero-order chi connectivity index (χ0) is 24.0. The summed E-state index contributed by atoms with van der Waals surface area (Å²) in [5, 5.41) is 13.3. The number of anilines is 2. The number of carbonyl (C=O) groups is 2. The Kier molecular flexibility index (Phi) is 7.94. The molecule has 3 rings (SSSR count). The number of halogens is 1. The second kappa shape index (κ2) is 10.9. The number of thioether (sulfide) groups is 1. The smallest absolute Gasteiger partial charge is 0.278 e. The average Bonchev–Trinajstić information content (AvgIpc) is 2.80. The summed E-state index contributed by atoms with van der Waals surface area (Å²) in [4.78, 5) is 39.9. The van der Waals surface area contributed by atoms with E-state index < -0.39 is 16.6 Å². The number of aromatic amines is 1. The Morgan fingerprint density at radius 3 is 2.45 bits per heavy atom. The third-order valence-electron chi connectivity index (χ3n) is 4.73. The molecule has 8 nitrogen and oxygen atoms in total. The molecular formula is C23H24FN5O3S. The molecule has 1 heterocycles. The van der Waals surface area contributed by atoms with E-state index in [0.717, 1.165) is 17.3 Å². The van der Waals surface area contributed by atoms with Crippen LogP contribution in [0.1, 0.15) is 32.3 Å². The molecule has 1 aromatic heterocycles. The topological polar surface area (TPSA) is 117 Å². The summed E-state index contributed by atoms with van der Waals surface area (Å²) >= 11 is 1.07. The zero-order valence-electron chi connectivity index (χ0n) is 18.4. The second-order valence-corrected chi connectivity index (χ2v) is 8.46. The van der Waals surface area contributed by atoms with Crippen LogP contribution in [0.4, 0.5) is 15.8 Å². The molecule has 3 aromatic rings. The van der Waals surface area contributed by atoms with Crippen LogP contribution in [0.25, 0.3) is 11.3 Å². The summed E-state index contributed by atoms with van der Waals surface area (Å²) in [5.74, 6) is -0.882. The largest absolute Gasteiger partial charge is 0.325 e. The van der Waals surface area contributed by atoms with Crippen LogP contribution in [0, 0.1) is 12.7 Å². The molecule has 0 aliphatic heterocycles. The molecule has 0 spiro atoms. The lowest BCUT2D eigenvalue weighted by atomic mass is 10.1. The monoisotopic (exact) mass is 469 g/mol. The van der Waals surface area contributed by atoms with E-state index in [0.29, 0.717) is 29.8 Å². The van der Waals surface area contributed by atoms with Gasteiger partial charge in [-0.05, 0) is 49.7 Å². The molecule has 33 heavy (non-hydrogen) atoms. The van der Waals surface area contributed by atoms with Gasteiger partial charge in [0.05, 0.1) is 10.9 Å². The fourth-order valence-corrected chi connectivity index (χ4v) is 3.81. The van der Waals surface area contributed by atoms with E-state index in [2.05, 4.69) is 25.8 Å². The molecule has 0 fully saturated rings. The number of amides is 2. The summed E-state index contributed by atoms with van der Waals surface area (Å²) in [5.41, 5.74) is 1.87. The summed E-state index contributed by atoms with van der Waals surface area (Å²) in [6.45, 7) is 5.43. The Labute approximate surface area is 194 Å². The number of hydrogen-bond donors (Lipinski definition) is 3. The first-order valence-corrected chi connectivity index (χ1v) is 11.3. The van der Waals surface area contributed by atoms with Crippen molar-refractivity contribution in [1.29, 1.82) is 0 Å². The van der Waals surface area contributed by atoms with E-state index in [1.165, 1.54) is 24.3 Å². The SMILES string of the molecule is CCC(=O)Nc1ccc(C)cc1-c1nnc(SC(CC)C(=O)Nc2ccc(F)cc2)[nH]c1=O. The highest BCUT2D eigenvalue weighted by atomic mass is 32.2. The number of rotatable bonds is 8. The van der Waals surface area contributed by atoms with Gasteiger partial charge in [-0.3, -0.25) is 19.4 Å². The highest BCUT2D eigenvalue weighted by molar-refractivity contribution is 8.00. The standard InChI is InChI=1S/C23H24FN5O3S/c1-4-18(21(31)25-15-9-7-14(24)8-10-15)33-23-27-22(32)20(28-29-23)16-12-13(3)6-11-17(16)26-19(30)5-2/h6-12,18H,4-5H2,1-3H3,(H,25,31)(H,26,30)(H,27,29,32). The van der Waals surface area contributed by atoms with Crippen molar-refractivity contribution < 1.29 is 14.0 Å². The van der Waals surface area contributed by atoms with Crippen LogP contribution in [0.15, 0.2) is 52.4 Å². The third kappa shape index (κ3) is 6.26. The minimum absolute atomic E-state index is 0.0678. The molecule has 2 amide bonds. The van der Waals surface area contributed by atoms with Crippen molar-refractivity contribution in [3.05, 3.63) is 64.2 Å². The highest BCUT2D eigenvalue weighted by Gasteiger charge is 2.21. The number of nitrogens with one attached hydrogen (secondary N) is 3. The first-order valence-electron chi connectivity index (χ1n) is 10.4. The third-order valence-corrected chi connectivity index (χ3v) is 5.97. The average molecular weight is 470 g/mol. The van der Waals surface area contributed by atoms with Crippen molar-refractivity contribution in [2.45, 2.75) is 44.0 Å². The summed E-state index contributed by atoms with van der Waals surface area (Å²) in [6, 6.07) is 10.8. The van der Waals surface area contributed by atoms with Gasteiger partial charge < -0.3 is 10.6 Å². The summed E-state index contributed by atoms with van der Waals surface area (Å²) in [6.07, 6.45) is 0.761. The molecule has 0 bridgehead atoms. The van der Waals surface area contributed by atoms with Crippen LogP contribution in [0.3, 0.4) is 0 Å². The van der Waals surface area contributed by atoms with E-state index in [9.17, 15) is 18.8 Å². The minimum Gasteiger partial charge on any atom is -0.325 e. The number of H-pyrrole nitrogens is 1. The van der Waals surface area contributed by atoms with Gasteiger partial charge in [0.15, 0.2) is 10.9 Å². The van der Waals surface area contributed by atoms with Crippen molar-refractivity contribution >= 4 is 35.0 Å². The number of aromatic nitrogens is 3.